The molecule has 0 aliphatic heterocycles. The van der Waals surface area contributed by atoms with Gasteiger partial charge in [-0.2, -0.15) is 0 Å². The second kappa shape index (κ2) is 8.57. The van der Waals surface area contributed by atoms with Crippen LogP contribution in [0.25, 0.3) is 0 Å². The van der Waals surface area contributed by atoms with E-state index in [4.69, 9.17) is 10.5 Å². The van der Waals surface area contributed by atoms with Crippen molar-refractivity contribution < 1.29 is 9.53 Å². The molecule has 0 atom stereocenters. The SMILES string of the molecule is CCCCCCCOc1ccc(C(=O)CC)cc1N. The molecule has 0 unspecified atom stereocenters. The van der Waals surface area contributed by atoms with Gasteiger partial charge in [0.1, 0.15) is 5.75 Å². The maximum atomic E-state index is 11.5. The number of unbranched alkanes of at least 4 members (excludes halogenated alkanes) is 4. The lowest BCUT2D eigenvalue weighted by molar-refractivity contribution is 0.0988. The fraction of sp³-hybridized carbons (Fsp3) is 0.562. The quantitative estimate of drug-likeness (QED) is 0.412. The van der Waals surface area contributed by atoms with Crippen molar-refractivity contribution in [2.75, 3.05) is 12.3 Å². The van der Waals surface area contributed by atoms with E-state index in [0.29, 0.717) is 30.0 Å². The highest BCUT2D eigenvalue weighted by Crippen LogP contribution is 2.23. The minimum atomic E-state index is 0.109. The fourth-order valence-corrected chi connectivity index (χ4v) is 1.95. The van der Waals surface area contributed by atoms with Crippen LogP contribution in [0.1, 0.15) is 62.7 Å². The number of carbonyl (C=O) groups is 1. The number of nitrogens with two attached hydrogens (primary N) is 1. The molecule has 0 fully saturated rings. The molecule has 0 aliphatic carbocycles. The average molecular weight is 263 g/mol. The van der Waals surface area contributed by atoms with Gasteiger partial charge in [0, 0.05) is 12.0 Å². The number of hydrogen-bond acceptors (Lipinski definition) is 3. The van der Waals surface area contributed by atoms with E-state index >= 15 is 0 Å². The van der Waals surface area contributed by atoms with Gasteiger partial charge in [-0.15, -0.1) is 0 Å². The lowest BCUT2D eigenvalue weighted by Gasteiger charge is -2.10. The first-order valence-corrected chi connectivity index (χ1v) is 7.24. The summed E-state index contributed by atoms with van der Waals surface area (Å²) in [5, 5.41) is 0. The highest BCUT2D eigenvalue weighted by atomic mass is 16.5. The Labute approximate surface area is 116 Å². The van der Waals surface area contributed by atoms with Crippen LogP contribution in [-0.2, 0) is 0 Å². The van der Waals surface area contributed by atoms with Crippen LogP contribution in [0, 0.1) is 0 Å². The predicted molar refractivity (Wildman–Crippen MR) is 79.7 cm³/mol. The van der Waals surface area contributed by atoms with Gasteiger partial charge in [0.2, 0.25) is 0 Å². The normalized spacial score (nSPS) is 10.4. The Balaban J connectivity index is 2.40. The van der Waals surface area contributed by atoms with Crippen LogP contribution in [-0.4, -0.2) is 12.4 Å². The lowest BCUT2D eigenvalue weighted by Crippen LogP contribution is -2.03. The molecule has 19 heavy (non-hydrogen) atoms. The Bertz CT molecular complexity index is 402. The third-order valence-electron chi connectivity index (χ3n) is 3.16. The third kappa shape index (κ3) is 5.33. The zero-order valence-electron chi connectivity index (χ0n) is 12.1. The first-order valence-electron chi connectivity index (χ1n) is 7.24. The summed E-state index contributed by atoms with van der Waals surface area (Å²) < 4.78 is 5.65. The van der Waals surface area contributed by atoms with Gasteiger partial charge in [0.05, 0.1) is 12.3 Å². The number of carbonyl (C=O) groups excluding carboxylic acids is 1. The highest BCUT2D eigenvalue weighted by Gasteiger charge is 2.07. The summed E-state index contributed by atoms with van der Waals surface area (Å²) in [6.07, 6.45) is 6.54. The highest BCUT2D eigenvalue weighted by molar-refractivity contribution is 5.97. The van der Waals surface area contributed by atoms with Crippen LogP contribution >= 0.6 is 0 Å². The monoisotopic (exact) mass is 263 g/mol. The maximum absolute atomic E-state index is 11.5. The van der Waals surface area contributed by atoms with Crippen molar-refractivity contribution in [3.63, 3.8) is 0 Å². The standard InChI is InChI=1S/C16H25NO2/c1-3-5-6-7-8-11-19-16-10-9-13(12-14(16)17)15(18)4-2/h9-10,12H,3-8,11,17H2,1-2H3. The topological polar surface area (TPSA) is 52.3 Å². The van der Waals surface area contributed by atoms with Gasteiger partial charge in [-0.05, 0) is 24.6 Å². The number of hydrogen-bond donors (Lipinski definition) is 1. The van der Waals surface area contributed by atoms with Crippen molar-refractivity contribution in [1.82, 2.24) is 0 Å². The molecule has 0 bridgehead atoms. The Morgan fingerprint density at radius 2 is 1.89 bits per heavy atom. The molecule has 3 heteroatoms. The van der Waals surface area contributed by atoms with E-state index in [0.717, 1.165) is 6.42 Å². The number of Topliss-reactive ketones (excluding diaryl/α,β-unsaturated/α-hetero) is 1. The lowest BCUT2D eigenvalue weighted by atomic mass is 10.1. The van der Waals surface area contributed by atoms with E-state index in [1.54, 1.807) is 18.2 Å². The van der Waals surface area contributed by atoms with Crippen LogP contribution in [0.15, 0.2) is 18.2 Å². The van der Waals surface area contributed by atoms with Gasteiger partial charge in [0.25, 0.3) is 0 Å². The van der Waals surface area contributed by atoms with E-state index in [1.165, 1.54) is 25.7 Å². The van der Waals surface area contributed by atoms with E-state index in [1.807, 2.05) is 6.92 Å². The molecule has 0 saturated heterocycles. The molecular weight excluding hydrogens is 238 g/mol. The summed E-state index contributed by atoms with van der Waals surface area (Å²) in [6.45, 7) is 4.74. The number of nitrogen functional groups attached to an aromatic ring is 1. The number of rotatable bonds is 9. The van der Waals surface area contributed by atoms with Crippen molar-refractivity contribution in [1.29, 1.82) is 0 Å². The Morgan fingerprint density at radius 1 is 1.16 bits per heavy atom. The van der Waals surface area contributed by atoms with Crippen LogP contribution in [0.3, 0.4) is 0 Å². The largest absolute Gasteiger partial charge is 0.491 e. The molecule has 0 spiro atoms. The molecule has 0 amide bonds. The van der Waals surface area contributed by atoms with E-state index < -0.39 is 0 Å². The summed E-state index contributed by atoms with van der Waals surface area (Å²) in [6, 6.07) is 5.29. The van der Waals surface area contributed by atoms with Gasteiger partial charge in [-0.1, -0.05) is 39.5 Å². The summed E-state index contributed by atoms with van der Waals surface area (Å²) in [4.78, 5) is 11.5. The van der Waals surface area contributed by atoms with Crippen LogP contribution < -0.4 is 10.5 Å². The Morgan fingerprint density at radius 3 is 2.53 bits per heavy atom. The van der Waals surface area contributed by atoms with E-state index in [2.05, 4.69) is 6.92 Å². The van der Waals surface area contributed by atoms with Crippen molar-refractivity contribution in [2.45, 2.75) is 52.4 Å². The van der Waals surface area contributed by atoms with E-state index in [-0.39, 0.29) is 5.78 Å². The number of benzene rings is 1. The Kier molecular flexibility index (Phi) is 7.01. The van der Waals surface area contributed by atoms with Crippen molar-refractivity contribution in [3.8, 4) is 5.75 Å². The van der Waals surface area contributed by atoms with Gasteiger partial charge in [-0.3, -0.25) is 4.79 Å². The average Bonchev–Trinajstić information content (AvgIpc) is 2.43. The molecule has 0 heterocycles. The molecule has 1 aromatic rings. The summed E-state index contributed by atoms with van der Waals surface area (Å²) in [5.74, 6) is 0.793. The summed E-state index contributed by atoms with van der Waals surface area (Å²) in [5.41, 5.74) is 7.11. The molecule has 0 radical (unpaired) electrons. The Hall–Kier alpha value is -1.51. The fourth-order valence-electron chi connectivity index (χ4n) is 1.95. The minimum absolute atomic E-state index is 0.109. The molecule has 1 aromatic carbocycles. The molecule has 3 nitrogen and oxygen atoms in total. The first-order chi connectivity index (χ1) is 9.19. The summed E-state index contributed by atoms with van der Waals surface area (Å²) in [7, 11) is 0. The van der Waals surface area contributed by atoms with Gasteiger partial charge < -0.3 is 10.5 Å². The van der Waals surface area contributed by atoms with Crippen LogP contribution in [0.5, 0.6) is 5.75 Å². The third-order valence-corrected chi connectivity index (χ3v) is 3.16. The number of ether oxygens (including phenoxy) is 1. The predicted octanol–water partition coefficient (Wildman–Crippen LogP) is 4.21. The second-order valence-corrected chi connectivity index (χ2v) is 4.79. The molecule has 1 rings (SSSR count). The zero-order chi connectivity index (χ0) is 14.1. The van der Waals surface area contributed by atoms with Crippen molar-refractivity contribution >= 4 is 11.5 Å². The number of ketones is 1. The molecule has 0 saturated carbocycles. The maximum Gasteiger partial charge on any atom is 0.162 e. The van der Waals surface area contributed by atoms with E-state index in [9.17, 15) is 4.79 Å². The molecule has 0 aliphatic rings. The molecule has 0 aromatic heterocycles. The number of anilines is 1. The molecular formula is C16H25NO2. The zero-order valence-corrected chi connectivity index (χ0v) is 12.1. The van der Waals surface area contributed by atoms with Crippen LogP contribution in [0.2, 0.25) is 0 Å². The van der Waals surface area contributed by atoms with Crippen molar-refractivity contribution in [2.24, 2.45) is 0 Å². The van der Waals surface area contributed by atoms with Gasteiger partial charge in [-0.25, -0.2) is 0 Å². The smallest absolute Gasteiger partial charge is 0.162 e. The molecule has 2 N–H and O–H groups in total. The van der Waals surface area contributed by atoms with Crippen LogP contribution in [0.4, 0.5) is 5.69 Å². The van der Waals surface area contributed by atoms with Gasteiger partial charge in [0.15, 0.2) is 5.78 Å². The molecule has 106 valence electrons. The summed E-state index contributed by atoms with van der Waals surface area (Å²) >= 11 is 0. The first kappa shape index (κ1) is 15.5. The van der Waals surface area contributed by atoms with Crippen molar-refractivity contribution in [3.05, 3.63) is 23.8 Å². The minimum Gasteiger partial charge on any atom is -0.491 e. The van der Waals surface area contributed by atoms with Gasteiger partial charge >= 0.3 is 0 Å². The second-order valence-electron chi connectivity index (χ2n) is 4.79.